The van der Waals surface area contributed by atoms with Crippen LogP contribution in [0.2, 0.25) is 13.1 Å². The number of halogens is 1. The van der Waals surface area contributed by atoms with Crippen LogP contribution in [0, 0.1) is 5.41 Å². The maximum atomic E-state index is 11.8. The molecule has 0 aromatic heterocycles. The minimum atomic E-state index is -1.77. The Morgan fingerprint density at radius 2 is 2.13 bits per heavy atom. The van der Waals surface area contributed by atoms with E-state index in [0.29, 0.717) is 17.7 Å². The minimum absolute atomic E-state index is 0.0687. The molecule has 0 heterocycles. The Labute approximate surface area is 98.5 Å². The number of Topliss-reactive ketones (excluding diaryl/α,β-unsaturated/α-hetero) is 1. The van der Waals surface area contributed by atoms with E-state index in [1.54, 1.807) is 0 Å². The monoisotopic (exact) mass is 248 g/mol. The number of carbonyl (C=O) groups excluding carboxylic acids is 1. The first-order valence-electron chi connectivity index (χ1n) is 5.57. The summed E-state index contributed by atoms with van der Waals surface area (Å²) in [6, 6.07) is 0. The van der Waals surface area contributed by atoms with Crippen molar-refractivity contribution in [3.63, 3.8) is 0 Å². The van der Waals surface area contributed by atoms with Gasteiger partial charge in [-0.25, -0.2) is 0 Å². The smallest absolute Gasteiger partial charge is 0.201 e. The molecule has 2 nitrogen and oxygen atoms in total. The first-order valence-corrected chi connectivity index (χ1v) is 9.22. The second-order valence-corrected chi connectivity index (χ2v) is 10.4. The Bertz CT molecular complexity index is 251. The molecule has 1 rings (SSSR count). The van der Waals surface area contributed by atoms with Gasteiger partial charge in [0.05, 0.1) is 6.10 Å². The molecule has 0 saturated heterocycles. The lowest BCUT2D eigenvalue weighted by Crippen LogP contribution is -2.49. The van der Waals surface area contributed by atoms with Gasteiger partial charge >= 0.3 is 0 Å². The molecular formula is C11H21ClO2Si. The van der Waals surface area contributed by atoms with E-state index in [4.69, 9.17) is 16.0 Å². The molecule has 0 unspecified atom stereocenters. The van der Waals surface area contributed by atoms with Crippen molar-refractivity contribution in [2.75, 3.05) is 5.50 Å². The van der Waals surface area contributed by atoms with Crippen LogP contribution in [-0.2, 0) is 9.22 Å². The number of carbonyl (C=O) groups is 1. The van der Waals surface area contributed by atoms with Gasteiger partial charge in [-0.2, -0.15) is 0 Å². The van der Waals surface area contributed by atoms with E-state index >= 15 is 0 Å². The molecule has 0 radical (unpaired) electrons. The third-order valence-corrected chi connectivity index (χ3v) is 6.67. The Balaban J connectivity index is 2.72. The van der Waals surface area contributed by atoms with Crippen molar-refractivity contribution < 1.29 is 9.22 Å². The Morgan fingerprint density at radius 3 is 2.67 bits per heavy atom. The van der Waals surface area contributed by atoms with E-state index in [1.807, 2.05) is 13.8 Å². The summed E-state index contributed by atoms with van der Waals surface area (Å²) in [6.07, 6.45) is 2.72. The highest BCUT2D eigenvalue weighted by Gasteiger charge is 2.42. The van der Waals surface area contributed by atoms with Crippen LogP contribution in [-0.4, -0.2) is 25.7 Å². The van der Waals surface area contributed by atoms with Crippen LogP contribution < -0.4 is 0 Å². The Hall–Kier alpha value is 0.137. The lowest BCUT2D eigenvalue weighted by molar-refractivity contribution is -0.135. The first-order chi connectivity index (χ1) is 6.79. The quantitative estimate of drug-likeness (QED) is 0.567. The van der Waals surface area contributed by atoms with Crippen molar-refractivity contribution in [2.45, 2.75) is 52.3 Å². The summed E-state index contributed by atoms with van der Waals surface area (Å²) in [5.41, 5.74) is 0.266. The van der Waals surface area contributed by atoms with E-state index in [-0.39, 0.29) is 11.5 Å². The van der Waals surface area contributed by atoms with Crippen LogP contribution >= 0.6 is 11.6 Å². The predicted molar refractivity (Wildman–Crippen MR) is 65.7 cm³/mol. The summed E-state index contributed by atoms with van der Waals surface area (Å²) in [5, 5.41) is 0. The molecule has 1 aliphatic rings. The van der Waals surface area contributed by atoms with Crippen LogP contribution in [0.3, 0.4) is 0 Å². The van der Waals surface area contributed by atoms with Crippen molar-refractivity contribution >= 4 is 25.7 Å². The molecule has 1 saturated carbocycles. The van der Waals surface area contributed by atoms with Gasteiger partial charge in [0, 0.05) is 17.3 Å². The van der Waals surface area contributed by atoms with Crippen LogP contribution in [0.15, 0.2) is 0 Å². The maximum absolute atomic E-state index is 11.8. The zero-order valence-electron chi connectivity index (χ0n) is 10.1. The fraction of sp³-hybridized carbons (Fsp3) is 0.909. The molecule has 1 atom stereocenters. The van der Waals surface area contributed by atoms with Gasteiger partial charge in [0.2, 0.25) is 8.32 Å². The average molecular weight is 249 g/mol. The molecular weight excluding hydrogens is 228 g/mol. The highest BCUT2D eigenvalue weighted by molar-refractivity contribution is 6.77. The van der Waals surface area contributed by atoms with Gasteiger partial charge in [-0.05, 0) is 25.9 Å². The Morgan fingerprint density at radius 1 is 1.53 bits per heavy atom. The van der Waals surface area contributed by atoms with Gasteiger partial charge in [0.25, 0.3) is 0 Å². The molecule has 88 valence electrons. The van der Waals surface area contributed by atoms with Gasteiger partial charge in [-0.1, -0.05) is 13.8 Å². The van der Waals surface area contributed by atoms with Crippen molar-refractivity contribution in [3.8, 4) is 0 Å². The standard InChI is InChI=1S/C11H21ClO2Si/c1-11(2)9(13)6-5-7-10(11)14-15(3,4)8-12/h10H,5-8H2,1-4H3/t10-/m0/s1. The SMILES string of the molecule is CC1(C)C(=O)CCC[C@@H]1O[Si](C)(C)CCl. The van der Waals surface area contributed by atoms with Crippen molar-refractivity contribution in [1.82, 2.24) is 0 Å². The molecule has 0 N–H and O–H groups in total. The van der Waals surface area contributed by atoms with E-state index in [0.717, 1.165) is 12.8 Å². The molecule has 4 heteroatoms. The lowest BCUT2D eigenvalue weighted by atomic mass is 9.74. The van der Waals surface area contributed by atoms with E-state index < -0.39 is 8.32 Å². The number of ketones is 1. The van der Waals surface area contributed by atoms with Gasteiger partial charge < -0.3 is 4.43 Å². The molecule has 1 fully saturated rings. The second kappa shape index (κ2) is 4.56. The lowest BCUT2D eigenvalue weighted by Gasteiger charge is -2.40. The van der Waals surface area contributed by atoms with Crippen molar-refractivity contribution in [1.29, 1.82) is 0 Å². The average Bonchev–Trinajstić information content (AvgIpc) is 2.14. The summed E-state index contributed by atoms with van der Waals surface area (Å²) in [7, 11) is -1.77. The summed E-state index contributed by atoms with van der Waals surface area (Å²) < 4.78 is 6.10. The van der Waals surface area contributed by atoms with E-state index in [1.165, 1.54) is 0 Å². The number of rotatable bonds is 3. The predicted octanol–water partition coefficient (Wildman–Crippen LogP) is 3.13. The Kier molecular flexibility index (Phi) is 4.01. The highest BCUT2D eigenvalue weighted by atomic mass is 35.5. The van der Waals surface area contributed by atoms with Gasteiger partial charge in [0.1, 0.15) is 5.78 Å². The molecule has 1 aliphatic carbocycles. The van der Waals surface area contributed by atoms with Crippen molar-refractivity contribution in [2.24, 2.45) is 5.41 Å². The fourth-order valence-corrected chi connectivity index (χ4v) is 3.37. The van der Waals surface area contributed by atoms with Crippen LogP contribution in [0.5, 0.6) is 0 Å². The summed E-state index contributed by atoms with van der Waals surface area (Å²) in [6.45, 7) is 8.21. The van der Waals surface area contributed by atoms with Crippen LogP contribution in [0.25, 0.3) is 0 Å². The van der Waals surface area contributed by atoms with Crippen molar-refractivity contribution in [3.05, 3.63) is 0 Å². The molecule has 15 heavy (non-hydrogen) atoms. The fourth-order valence-electron chi connectivity index (χ4n) is 1.93. The molecule has 0 aliphatic heterocycles. The van der Waals surface area contributed by atoms with E-state index in [9.17, 15) is 4.79 Å². The van der Waals surface area contributed by atoms with Gasteiger partial charge in [0.15, 0.2) is 0 Å². The summed E-state index contributed by atoms with van der Waals surface area (Å²) in [4.78, 5) is 11.8. The van der Waals surface area contributed by atoms with Crippen LogP contribution in [0.4, 0.5) is 0 Å². The zero-order valence-corrected chi connectivity index (χ0v) is 11.9. The summed E-state index contributed by atoms with van der Waals surface area (Å²) >= 11 is 5.89. The second-order valence-electron chi connectivity index (χ2n) is 5.54. The molecule has 0 bridgehead atoms. The molecule has 0 spiro atoms. The summed E-state index contributed by atoms with van der Waals surface area (Å²) in [5.74, 6) is 0.332. The maximum Gasteiger partial charge on any atom is 0.201 e. The highest BCUT2D eigenvalue weighted by Crippen LogP contribution is 2.36. The first kappa shape index (κ1) is 13.2. The molecule has 0 aromatic carbocycles. The van der Waals surface area contributed by atoms with Gasteiger partial charge in [-0.15, -0.1) is 11.6 Å². The number of hydrogen-bond donors (Lipinski definition) is 0. The van der Waals surface area contributed by atoms with E-state index in [2.05, 4.69) is 13.1 Å². The number of alkyl halides is 1. The number of hydrogen-bond acceptors (Lipinski definition) is 2. The largest absolute Gasteiger partial charge is 0.412 e. The minimum Gasteiger partial charge on any atom is -0.412 e. The normalized spacial score (nSPS) is 26.7. The molecule has 0 amide bonds. The molecule has 0 aromatic rings. The van der Waals surface area contributed by atoms with Gasteiger partial charge in [-0.3, -0.25) is 4.79 Å². The third-order valence-electron chi connectivity index (χ3n) is 3.18. The topological polar surface area (TPSA) is 26.3 Å². The third kappa shape index (κ3) is 3.05. The van der Waals surface area contributed by atoms with Crippen LogP contribution in [0.1, 0.15) is 33.1 Å². The zero-order chi connectivity index (χ0) is 11.7.